The predicted molar refractivity (Wildman–Crippen MR) is 101 cm³/mol. The van der Waals surface area contributed by atoms with Crippen LogP contribution in [0.2, 0.25) is 0 Å². The molecular formula is C20H29N3O3. The minimum Gasteiger partial charge on any atom is -0.497 e. The second-order valence-corrected chi connectivity index (χ2v) is 7.68. The summed E-state index contributed by atoms with van der Waals surface area (Å²) in [7, 11) is 1.60. The van der Waals surface area contributed by atoms with E-state index in [0.29, 0.717) is 5.92 Å². The molecule has 1 aliphatic carbocycles. The van der Waals surface area contributed by atoms with Gasteiger partial charge in [-0.05, 0) is 48.3 Å². The van der Waals surface area contributed by atoms with Gasteiger partial charge in [0.1, 0.15) is 5.75 Å². The largest absolute Gasteiger partial charge is 0.497 e. The number of nitrogens with one attached hydrogen (secondary N) is 3. The molecular weight excluding hydrogens is 330 g/mol. The molecule has 0 saturated carbocycles. The third-order valence-corrected chi connectivity index (χ3v) is 4.79. The van der Waals surface area contributed by atoms with Gasteiger partial charge < -0.3 is 15.5 Å². The molecule has 0 bridgehead atoms. The fraction of sp³-hybridized carbons (Fsp3) is 0.500. The minimum absolute atomic E-state index is 0.284. The van der Waals surface area contributed by atoms with Gasteiger partial charge in [0.2, 0.25) is 0 Å². The molecule has 1 atom stereocenters. The first kappa shape index (κ1) is 19.8. The van der Waals surface area contributed by atoms with Crippen LogP contribution in [-0.2, 0) is 16.1 Å². The van der Waals surface area contributed by atoms with Gasteiger partial charge in [-0.25, -0.2) is 0 Å². The SMILES string of the molecule is COc1ccc(CNC(=O)C(=O)NNC2=CC[C@H](C(C)(C)C)CC2)cc1. The van der Waals surface area contributed by atoms with Crippen molar-refractivity contribution in [2.24, 2.45) is 11.3 Å². The van der Waals surface area contributed by atoms with E-state index in [1.807, 2.05) is 24.3 Å². The van der Waals surface area contributed by atoms with Crippen LogP contribution in [0.4, 0.5) is 0 Å². The zero-order valence-electron chi connectivity index (χ0n) is 16.0. The summed E-state index contributed by atoms with van der Waals surface area (Å²) in [5.74, 6) is 0.0164. The van der Waals surface area contributed by atoms with Gasteiger partial charge in [-0.2, -0.15) is 0 Å². The number of hydrazine groups is 1. The van der Waals surface area contributed by atoms with Gasteiger partial charge in [-0.3, -0.25) is 15.0 Å². The summed E-state index contributed by atoms with van der Waals surface area (Å²) < 4.78 is 5.08. The minimum atomic E-state index is -0.697. The van der Waals surface area contributed by atoms with E-state index in [1.165, 1.54) is 0 Å². The van der Waals surface area contributed by atoms with Crippen molar-refractivity contribution in [3.63, 3.8) is 0 Å². The summed E-state index contributed by atoms with van der Waals surface area (Å²) in [5.41, 5.74) is 7.48. The summed E-state index contributed by atoms with van der Waals surface area (Å²) in [4.78, 5) is 23.8. The number of rotatable bonds is 5. The number of carbonyl (C=O) groups is 2. The molecule has 0 radical (unpaired) electrons. The fourth-order valence-corrected chi connectivity index (χ4v) is 2.93. The molecule has 1 aromatic carbocycles. The first-order valence-electron chi connectivity index (χ1n) is 8.95. The lowest BCUT2D eigenvalue weighted by Gasteiger charge is -2.33. The Morgan fingerprint density at radius 1 is 1.15 bits per heavy atom. The van der Waals surface area contributed by atoms with Gasteiger partial charge in [0, 0.05) is 12.2 Å². The predicted octanol–water partition coefficient (Wildman–Crippen LogP) is 2.66. The molecule has 0 unspecified atom stereocenters. The number of hydrogen-bond acceptors (Lipinski definition) is 4. The normalized spacial score (nSPS) is 17.1. The third kappa shape index (κ3) is 5.79. The quantitative estimate of drug-likeness (QED) is 0.558. The second-order valence-electron chi connectivity index (χ2n) is 7.68. The Bertz CT molecular complexity index is 660. The van der Waals surface area contributed by atoms with E-state index in [0.717, 1.165) is 36.3 Å². The summed E-state index contributed by atoms with van der Waals surface area (Å²) >= 11 is 0. The molecule has 0 aromatic heterocycles. The van der Waals surface area contributed by atoms with Crippen LogP contribution in [0.15, 0.2) is 36.0 Å². The molecule has 1 aromatic rings. The summed E-state index contributed by atoms with van der Waals surface area (Å²) in [6.45, 7) is 7.03. The molecule has 1 aliphatic rings. The van der Waals surface area contributed by atoms with Crippen LogP contribution in [-0.4, -0.2) is 18.9 Å². The van der Waals surface area contributed by atoms with Crippen molar-refractivity contribution in [2.75, 3.05) is 7.11 Å². The maximum absolute atomic E-state index is 11.9. The Balaban J connectivity index is 1.73. The molecule has 0 fully saturated rings. The molecule has 2 amide bonds. The highest BCUT2D eigenvalue weighted by Gasteiger charge is 2.26. The van der Waals surface area contributed by atoms with Gasteiger partial charge in [-0.15, -0.1) is 0 Å². The number of hydrogen-bond donors (Lipinski definition) is 3. The molecule has 0 saturated heterocycles. The van der Waals surface area contributed by atoms with Crippen molar-refractivity contribution in [1.82, 2.24) is 16.2 Å². The molecule has 142 valence electrons. The average Bonchev–Trinajstić information content (AvgIpc) is 2.64. The number of amides is 2. The maximum Gasteiger partial charge on any atom is 0.327 e. The zero-order chi connectivity index (χ0) is 19.2. The fourth-order valence-electron chi connectivity index (χ4n) is 2.93. The van der Waals surface area contributed by atoms with Crippen molar-refractivity contribution < 1.29 is 14.3 Å². The van der Waals surface area contributed by atoms with Crippen LogP contribution >= 0.6 is 0 Å². The van der Waals surface area contributed by atoms with Gasteiger partial charge in [0.05, 0.1) is 7.11 Å². The van der Waals surface area contributed by atoms with E-state index >= 15 is 0 Å². The average molecular weight is 359 g/mol. The van der Waals surface area contributed by atoms with Gasteiger partial charge in [-0.1, -0.05) is 39.0 Å². The Morgan fingerprint density at radius 2 is 1.85 bits per heavy atom. The van der Waals surface area contributed by atoms with E-state index in [-0.39, 0.29) is 12.0 Å². The van der Waals surface area contributed by atoms with Crippen LogP contribution in [0.25, 0.3) is 0 Å². The van der Waals surface area contributed by atoms with Crippen LogP contribution in [0.1, 0.15) is 45.6 Å². The molecule has 6 heteroatoms. The molecule has 0 heterocycles. The maximum atomic E-state index is 11.9. The Kier molecular flexibility index (Phi) is 6.66. The molecule has 2 rings (SSSR count). The van der Waals surface area contributed by atoms with Crippen molar-refractivity contribution in [3.8, 4) is 5.75 Å². The molecule has 3 N–H and O–H groups in total. The highest BCUT2D eigenvalue weighted by atomic mass is 16.5. The van der Waals surface area contributed by atoms with E-state index < -0.39 is 11.8 Å². The molecule has 26 heavy (non-hydrogen) atoms. The van der Waals surface area contributed by atoms with Crippen molar-refractivity contribution in [2.45, 2.75) is 46.6 Å². The number of methoxy groups -OCH3 is 1. The highest BCUT2D eigenvalue weighted by Crippen LogP contribution is 2.36. The number of allylic oxidation sites excluding steroid dienone is 2. The first-order valence-corrected chi connectivity index (χ1v) is 8.95. The number of carbonyl (C=O) groups excluding carboxylic acids is 2. The van der Waals surface area contributed by atoms with E-state index in [9.17, 15) is 9.59 Å². The lowest BCUT2D eigenvalue weighted by atomic mass is 9.74. The standard InChI is InChI=1S/C20H29N3O3/c1-20(2,3)15-7-9-16(10-8-15)22-23-19(25)18(24)21-13-14-5-11-17(26-4)12-6-14/h5-6,9,11-12,15,22H,7-8,10,13H2,1-4H3,(H,21,24)(H,23,25)/t15-/m0/s1. The summed E-state index contributed by atoms with van der Waals surface area (Å²) in [6, 6.07) is 7.30. The van der Waals surface area contributed by atoms with Gasteiger partial charge in [0.25, 0.3) is 0 Å². The Morgan fingerprint density at radius 3 is 2.38 bits per heavy atom. The van der Waals surface area contributed by atoms with Crippen LogP contribution < -0.4 is 20.9 Å². The van der Waals surface area contributed by atoms with Crippen molar-refractivity contribution in [1.29, 1.82) is 0 Å². The molecule has 6 nitrogen and oxygen atoms in total. The molecule has 0 aliphatic heterocycles. The van der Waals surface area contributed by atoms with Gasteiger partial charge >= 0.3 is 11.8 Å². The zero-order valence-corrected chi connectivity index (χ0v) is 16.0. The lowest BCUT2D eigenvalue weighted by molar-refractivity contribution is -0.139. The number of ether oxygens (including phenoxy) is 1. The van der Waals surface area contributed by atoms with E-state index in [2.05, 4.69) is 43.0 Å². The van der Waals surface area contributed by atoms with E-state index in [1.54, 1.807) is 7.11 Å². The number of benzene rings is 1. The van der Waals surface area contributed by atoms with Gasteiger partial charge in [0.15, 0.2) is 0 Å². The van der Waals surface area contributed by atoms with Crippen LogP contribution in [0, 0.1) is 11.3 Å². The van der Waals surface area contributed by atoms with Crippen LogP contribution in [0.3, 0.4) is 0 Å². The highest BCUT2D eigenvalue weighted by molar-refractivity contribution is 6.34. The first-order chi connectivity index (χ1) is 12.3. The lowest BCUT2D eigenvalue weighted by Crippen LogP contribution is -2.46. The van der Waals surface area contributed by atoms with Crippen LogP contribution in [0.5, 0.6) is 5.75 Å². The Hall–Kier alpha value is -2.50. The Labute approximate surface area is 155 Å². The van der Waals surface area contributed by atoms with Crippen molar-refractivity contribution in [3.05, 3.63) is 41.6 Å². The topological polar surface area (TPSA) is 79.5 Å². The molecule has 0 spiro atoms. The smallest absolute Gasteiger partial charge is 0.327 e. The summed E-state index contributed by atoms with van der Waals surface area (Å²) in [5, 5.41) is 2.60. The monoisotopic (exact) mass is 359 g/mol. The van der Waals surface area contributed by atoms with E-state index in [4.69, 9.17) is 4.74 Å². The second kappa shape index (κ2) is 8.74. The van der Waals surface area contributed by atoms with Crippen molar-refractivity contribution >= 4 is 11.8 Å². The summed E-state index contributed by atoms with van der Waals surface area (Å²) in [6.07, 6.45) is 5.03. The third-order valence-electron chi connectivity index (χ3n) is 4.79.